The molecule has 3 aromatic rings. The summed E-state index contributed by atoms with van der Waals surface area (Å²) in [4.78, 5) is 25.7. The zero-order valence-electron chi connectivity index (χ0n) is 21.2. The van der Waals surface area contributed by atoms with Crippen LogP contribution in [0.15, 0.2) is 35.1 Å². The molecule has 0 aliphatic carbocycles. The van der Waals surface area contributed by atoms with Crippen molar-refractivity contribution < 1.29 is 13.9 Å². The van der Waals surface area contributed by atoms with Crippen LogP contribution in [0.25, 0.3) is 11.1 Å². The largest absolute Gasteiger partial charge is 0.423 e. The normalized spacial score (nSPS) is 14.9. The Labute approximate surface area is 215 Å². The number of aromatic nitrogens is 2. The van der Waals surface area contributed by atoms with Crippen molar-refractivity contribution >= 4 is 23.3 Å². The van der Waals surface area contributed by atoms with Gasteiger partial charge in [0.2, 0.25) is 0 Å². The molecule has 36 heavy (non-hydrogen) atoms. The molecule has 1 aromatic heterocycles. The Bertz CT molecular complexity index is 1380. The van der Waals surface area contributed by atoms with Crippen molar-refractivity contribution in [3.05, 3.63) is 73.9 Å². The predicted molar refractivity (Wildman–Crippen MR) is 140 cm³/mol. The van der Waals surface area contributed by atoms with Gasteiger partial charge in [-0.1, -0.05) is 37.6 Å². The molecule has 190 valence electrons. The average Bonchev–Trinajstić information content (AvgIpc) is 2.83. The number of fused-ring (bicyclic) bond motifs is 1. The van der Waals surface area contributed by atoms with E-state index >= 15 is 4.39 Å². The van der Waals surface area contributed by atoms with E-state index in [-0.39, 0.29) is 16.9 Å². The third-order valence-corrected chi connectivity index (χ3v) is 6.93. The van der Waals surface area contributed by atoms with E-state index in [1.165, 1.54) is 24.7 Å². The maximum Gasteiger partial charge on any atom is 0.313 e. The molecule has 0 saturated heterocycles. The topological polar surface area (TPSA) is 73.2 Å². The van der Waals surface area contributed by atoms with Crippen LogP contribution in [0.2, 0.25) is 5.02 Å². The summed E-state index contributed by atoms with van der Waals surface area (Å²) in [6.07, 6.45) is 3.07. The molecule has 2 heterocycles. The lowest BCUT2D eigenvalue weighted by atomic mass is 9.92. The van der Waals surface area contributed by atoms with Crippen molar-refractivity contribution in [3.63, 3.8) is 0 Å². The molecule has 0 radical (unpaired) electrons. The lowest BCUT2D eigenvalue weighted by molar-refractivity contribution is -0.137. The summed E-state index contributed by atoms with van der Waals surface area (Å²) in [5, 5.41) is 8.00. The fourth-order valence-corrected chi connectivity index (χ4v) is 4.81. The molecule has 1 aliphatic rings. The molecule has 6 nitrogen and oxygen atoms in total. The number of ether oxygens (including phenoxy) is 1. The Morgan fingerprint density at radius 3 is 2.72 bits per heavy atom. The van der Waals surface area contributed by atoms with Crippen LogP contribution in [0.5, 0.6) is 5.75 Å². The summed E-state index contributed by atoms with van der Waals surface area (Å²) in [5.74, 6) is -1.61. The summed E-state index contributed by atoms with van der Waals surface area (Å²) in [6.45, 7) is 7.16. The third-order valence-electron chi connectivity index (χ3n) is 6.57. The molecule has 0 bridgehead atoms. The molecule has 0 saturated carbocycles. The zero-order chi connectivity index (χ0) is 26.1. The minimum Gasteiger partial charge on any atom is -0.423 e. The first-order valence-electron chi connectivity index (χ1n) is 12.2. The fourth-order valence-electron chi connectivity index (χ4n) is 4.56. The van der Waals surface area contributed by atoms with Gasteiger partial charge in [0.25, 0.3) is 5.56 Å². The van der Waals surface area contributed by atoms with Gasteiger partial charge in [0.1, 0.15) is 11.5 Å². The number of esters is 1. The van der Waals surface area contributed by atoms with E-state index in [1.54, 1.807) is 20.8 Å². The van der Waals surface area contributed by atoms with Crippen molar-refractivity contribution in [2.24, 2.45) is 13.0 Å². The monoisotopic (exact) mass is 511 g/mol. The molecule has 1 aliphatic heterocycles. The SMILES string of the molecule is Cc1nn(C)c(=O)c(-c2c(F)ccc(Cl)c2CCc2ccc3c(c2)CCC(C)N3)c1OC(=O)C(C)C. The van der Waals surface area contributed by atoms with E-state index in [1.807, 2.05) is 0 Å². The van der Waals surface area contributed by atoms with Crippen molar-refractivity contribution in [1.82, 2.24) is 9.78 Å². The molecule has 4 rings (SSSR count). The number of carbonyl (C=O) groups is 1. The standard InChI is InChI=1S/C28H31ClFN3O3/c1-15(2)28(35)36-26-17(4)32-33(5)27(34)25(26)24-20(21(29)11-12-22(24)30)10-7-18-8-13-23-19(14-18)9-6-16(3)31-23/h8,11-16,31H,6-7,9-10H2,1-5H3. The molecule has 0 spiro atoms. The lowest BCUT2D eigenvalue weighted by Crippen LogP contribution is -2.26. The summed E-state index contributed by atoms with van der Waals surface area (Å²) in [5.41, 5.74) is 3.75. The van der Waals surface area contributed by atoms with E-state index in [0.717, 1.165) is 28.8 Å². The second kappa shape index (κ2) is 10.4. The van der Waals surface area contributed by atoms with E-state index in [4.69, 9.17) is 16.3 Å². The Balaban J connectivity index is 1.78. The Hall–Kier alpha value is -3.19. The first-order valence-corrected chi connectivity index (χ1v) is 12.6. The number of benzene rings is 2. The quantitative estimate of drug-likeness (QED) is 0.433. The summed E-state index contributed by atoms with van der Waals surface area (Å²) in [7, 11) is 1.48. The molecule has 0 fully saturated rings. The van der Waals surface area contributed by atoms with Gasteiger partial charge in [-0.05, 0) is 74.4 Å². The van der Waals surface area contributed by atoms with Crippen LogP contribution < -0.4 is 15.6 Å². The van der Waals surface area contributed by atoms with Crippen LogP contribution in [-0.4, -0.2) is 21.8 Å². The molecule has 0 amide bonds. The lowest BCUT2D eigenvalue weighted by Gasteiger charge is -2.24. The van der Waals surface area contributed by atoms with E-state index in [9.17, 15) is 9.59 Å². The van der Waals surface area contributed by atoms with Crippen LogP contribution in [-0.2, 0) is 31.1 Å². The highest BCUT2D eigenvalue weighted by molar-refractivity contribution is 6.31. The van der Waals surface area contributed by atoms with Gasteiger partial charge in [0.05, 0.1) is 11.5 Å². The Morgan fingerprint density at radius 1 is 1.25 bits per heavy atom. The molecular weight excluding hydrogens is 481 g/mol. The van der Waals surface area contributed by atoms with Crippen LogP contribution in [0.1, 0.15) is 49.6 Å². The second-order valence-corrected chi connectivity index (χ2v) is 10.2. The minimum atomic E-state index is -0.609. The summed E-state index contributed by atoms with van der Waals surface area (Å²) in [6, 6.07) is 9.49. The Morgan fingerprint density at radius 2 is 2.00 bits per heavy atom. The van der Waals surface area contributed by atoms with Crippen LogP contribution in [0.3, 0.4) is 0 Å². The first kappa shape index (κ1) is 25.9. The second-order valence-electron chi connectivity index (χ2n) is 9.75. The van der Waals surface area contributed by atoms with Crippen molar-refractivity contribution in [3.8, 4) is 16.9 Å². The van der Waals surface area contributed by atoms with Gasteiger partial charge in [-0.3, -0.25) is 9.59 Å². The van der Waals surface area contributed by atoms with Gasteiger partial charge in [0, 0.05) is 29.4 Å². The number of hydrogen-bond donors (Lipinski definition) is 1. The minimum absolute atomic E-state index is 0.0341. The highest BCUT2D eigenvalue weighted by atomic mass is 35.5. The summed E-state index contributed by atoms with van der Waals surface area (Å²) >= 11 is 6.58. The molecule has 1 atom stereocenters. The highest BCUT2D eigenvalue weighted by Gasteiger charge is 2.26. The first-order chi connectivity index (χ1) is 17.1. The Kier molecular flexibility index (Phi) is 7.50. The number of carbonyl (C=O) groups excluding carboxylic acids is 1. The van der Waals surface area contributed by atoms with Crippen molar-refractivity contribution in [2.75, 3.05) is 5.32 Å². The van der Waals surface area contributed by atoms with E-state index < -0.39 is 23.3 Å². The van der Waals surface area contributed by atoms with Crippen molar-refractivity contribution in [2.45, 2.75) is 59.4 Å². The van der Waals surface area contributed by atoms with Gasteiger partial charge in [0.15, 0.2) is 5.75 Å². The van der Waals surface area contributed by atoms with E-state index in [2.05, 4.69) is 35.5 Å². The van der Waals surface area contributed by atoms with Gasteiger partial charge >= 0.3 is 5.97 Å². The van der Waals surface area contributed by atoms with Crippen molar-refractivity contribution in [1.29, 1.82) is 0 Å². The number of rotatable bonds is 6. The zero-order valence-corrected chi connectivity index (χ0v) is 22.0. The van der Waals surface area contributed by atoms with Gasteiger partial charge < -0.3 is 10.1 Å². The van der Waals surface area contributed by atoms with Crippen LogP contribution in [0, 0.1) is 18.7 Å². The highest BCUT2D eigenvalue weighted by Crippen LogP contribution is 2.37. The van der Waals surface area contributed by atoms with Crippen LogP contribution >= 0.6 is 11.6 Å². The maximum atomic E-state index is 15.4. The number of hydrogen-bond acceptors (Lipinski definition) is 5. The predicted octanol–water partition coefficient (Wildman–Crippen LogP) is 5.64. The number of aryl methyl sites for hydroxylation is 4. The molecule has 1 unspecified atom stereocenters. The van der Waals surface area contributed by atoms with Gasteiger partial charge in [-0.25, -0.2) is 9.07 Å². The van der Waals surface area contributed by atoms with E-state index in [0.29, 0.717) is 35.2 Å². The number of anilines is 1. The molecule has 2 aromatic carbocycles. The smallest absolute Gasteiger partial charge is 0.313 e. The number of nitrogens with zero attached hydrogens (tertiary/aromatic N) is 2. The van der Waals surface area contributed by atoms with Gasteiger partial charge in [-0.2, -0.15) is 5.10 Å². The summed E-state index contributed by atoms with van der Waals surface area (Å²) < 4.78 is 22.2. The molecule has 8 heteroatoms. The third kappa shape index (κ3) is 5.16. The maximum absolute atomic E-state index is 15.4. The number of nitrogens with one attached hydrogen (secondary N) is 1. The average molecular weight is 512 g/mol. The van der Waals surface area contributed by atoms with Crippen LogP contribution in [0.4, 0.5) is 10.1 Å². The molecule has 1 N–H and O–H groups in total. The molecular formula is C28H31ClFN3O3. The number of halogens is 2. The van der Waals surface area contributed by atoms with Gasteiger partial charge in [-0.15, -0.1) is 0 Å². The fraction of sp³-hybridized carbons (Fsp3) is 0.393.